The fourth-order valence-electron chi connectivity index (χ4n) is 2.40. The second-order valence-corrected chi connectivity index (χ2v) is 5.05. The molecule has 1 atom stereocenters. The molecule has 1 saturated heterocycles. The molecule has 1 aliphatic rings. The van der Waals surface area contributed by atoms with Gasteiger partial charge in [0.15, 0.2) is 0 Å². The molecule has 1 heterocycles. The zero-order valence-corrected chi connectivity index (χ0v) is 12.0. The van der Waals surface area contributed by atoms with Crippen molar-refractivity contribution in [1.29, 1.82) is 0 Å². The molecule has 7 heteroatoms. The molecule has 20 heavy (non-hydrogen) atoms. The van der Waals surface area contributed by atoms with Gasteiger partial charge in [-0.15, -0.1) is 0 Å². The van der Waals surface area contributed by atoms with Crippen LogP contribution < -0.4 is 5.32 Å². The van der Waals surface area contributed by atoms with Crippen LogP contribution in [0.3, 0.4) is 0 Å². The molecule has 0 spiro atoms. The number of ether oxygens (including phenoxy) is 2. The Morgan fingerprint density at radius 1 is 1.25 bits per heavy atom. The van der Waals surface area contributed by atoms with Crippen molar-refractivity contribution in [1.82, 2.24) is 10.2 Å². The van der Waals surface area contributed by atoms with Gasteiger partial charge in [-0.3, -0.25) is 4.90 Å². The van der Waals surface area contributed by atoms with Crippen molar-refractivity contribution in [3.05, 3.63) is 0 Å². The Hall–Kier alpha value is -0.370. The third-order valence-corrected chi connectivity index (χ3v) is 3.40. The minimum absolute atomic E-state index is 0.133. The third kappa shape index (κ3) is 8.04. The van der Waals surface area contributed by atoms with E-state index in [4.69, 9.17) is 4.74 Å². The highest BCUT2D eigenvalue weighted by Gasteiger charge is 2.28. The Bertz CT molecular complexity index is 252. The number of rotatable bonds is 9. The number of hydrogen-bond acceptors (Lipinski definition) is 4. The highest BCUT2D eigenvalue weighted by molar-refractivity contribution is 4.78. The maximum atomic E-state index is 12.0. The monoisotopic (exact) mass is 298 g/mol. The van der Waals surface area contributed by atoms with Crippen LogP contribution in [0.2, 0.25) is 0 Å². The maximum absolute atomic E-state index is 12.0. The van der Waals surface area contributed by atoms with Crippen molar-refractivity contribution in [3.8, 4) is 0 Å². The minimum Gasteiger partial charge on any atom is -0.383 e. The molecule has 0 aromatic rings. The van der Waals surface area contributed by atoms with E-state index in [1.165, 1.54) is 6.42 Å². The fourth-order valence-corrected chi connectivity index (χ4v) is 2.40. The number of likely N-dealkylation sites (tertiary alicyclic amines) is 1. The van der Waals surface area contributed by atoms with Crippen LogP contribution in [0, 0.1) is 0 Å². The van der Waals surface area contributed by atoms with Gasteiger partial charge in [0.2, 0.25) is 0 Å². The topological polar surface area (TPSA) is 33.7 Å². The van der Waals surface area contributed by atoms with Crippen molar-refractivity contribution in [2.75, 3.05) is 53.1 Å². The summed E-state index contributed by atoms with van der Waals surface area (Å²) in [5.74, 6) is 0. The highest BCUT2D eigenvalue weighted by Crippen LogP contribution is 2.17. The van der Waals surface area contributed by atoms with Crippen molar-refractivity contribution in [3.63, 3.8) is 0 Å². The summed E-state index contributed by atoms with van der Waals surface area (Å²) in [4.78, 5) is 2.22. The molecule has 0 aromatic heterocycles. The molecular weight excluding hydrogens is 273 g/mol. The molecule has 0 aromatic carbocycles. The predicted molar refractivity (Wildman–Crippen MR) is 70.8 cm³/mol. The van der Waals surface area contributed by atoms with E-state index in [9.17, 15) is 13.2 Å². The van der Waals surface area contributed by atoms with Crippen LogP contribution in [-0.4, -0.2) is 70.2 Å². The largest absolute Gasteiger partial charge is 0.411 e. The zero-order valence-electron chi connectivity index (χ0n) is 12.0. The molecule has 1 fully saturated rings. The average molecular weight is 298 g/mol. The SMILES string of the molecule is COCCNCC1CCCCN1CCOCC(F)(F)F. The van der Waals surface area contributed by atoms with E-state index >= 15 is 0 Å². The zero-order chi connectivity index (χ0) is 14.8. The smallest absolute Gasteiger partial charge is 0.383 e. The summed E-state index contributed by atoms with van der Waals surface area (Å²) in [7, 11) is 1.66. The van der Waals surface area contributed by atoms with Gasteiger partial charge in [-0.05, 0) is 19.4 Å². The van der Waals surface area contributed by atoms with Gasteiger partial charge in [-0.25, -0.2) is 0 Å². The van der Waals surface area contributed by atoms with Gasteiger partial charge in [0.1, 0.15) is 6.61 Å². The lowest BCUT2D eigenvalue weighted by Crippen LogP contribution is -2.47. The van der Waals surface area contributed by atoms with Crippen LogP contribution in [0.1, 0.15) is 19.3 Å². The lowest BCUT2D eigenvalue weighted by Gasteiger charge is -2.35. The van der Waals surface area contributed by atoms with Crippen LogP contribution in [0.25, 0.3) is 0 Å². The molecule has 4 nitrogen and oxygen atoms in total. The van der Waals surface area contributed by atoms with Gasteiger partial charge in [-0.2, -0.15) is 13.2 Å². The van der Waals surface area contributed by atoms with Crippen molar-refractivity contribution < 1.29 is 22.6 Å². The predicted octanol–water partition coefficient (Wildman–Crippen LogP) is 1.66. The van der Waals surface area contributed by atoms with E-state index in [0.717, 1.165) is 32.5 Å². The molecule has 120 valence electrons. The normalized spacial score (nSPS) is 21.3. The van der Waals surface area contributed by atoms with Gasteiger partial charge in [0.25, 0.3) is 0 Å². The number of nitrogens with zero attached hydrogens (tertiary/aromatic N) is 1. The van der Waals surface area contributed by atoms with Crippen LogP contribution in [0.15, 0.2) is 0 Å². The Morgan fingerprint density at radius 2 is 2.05 bits per heavy atom. The molecule has 1 rings (SSSR count). The van der Waals surface area contributed by atoms with Crippen LogP contribution >= 0.6 is 0 Å². The second-order valence-electron chi connectivity index (χ2n) is 5.05. The Morgan fingerprint density at radius 3 is 2.75 bits per heavy atom. The quantitative estimate of drug-likeness (QED) is 0.656. The van der Waals surface area contributed by atoms with Crippen LogP contribution in [0.4, 0.5) is 13.2 Å². The van der Waals surface area contributed by atoms with E-state index in [1.807, 2.05) is 0 Å². The van der Waals surface area contributed by atoms with Gasteiger partial charge in [0, 0.05) is 32.8 Å². The van der Waals surface area contributed by atoms with Gasteiger partial charge < -0.3 is 14.8 Å². The lowest BCUT2D eigenvalue weighted by atomic mass is 10.0. The number of piperidine rings is 1. The number of methoxy groups -OCH3 is 1. The number of nitrogens with one attached hydrogen (secondary N) is 1. The molecular formula is C13H25F3N2O2. The molecule has 0 saturated carbocycles. The Labute approximate surface area is 118 Å². The summed E-state index contributed by atoms with van der Waals surface area (Å²) in [5.41, 5.74) is 0. The van der Waals surface area contributed by atoms with Gasteiger partial charge in [0.05, 0.1) is 13.2 Å². The summed E-state index contributed by atoms with van der Waals surface area (Å²) >= 11 is 0. The van der Waals surface area contributed by atoms with Crippen molar-refractivity contribution in [2.24, 2.45) is 0 Å². The minimum atomic E-state index is -4.23. The highest BCUT2D eigenvalue weighted by atomic mass is 19.4. The molecule has 0 amide bonds. The third-order valence-electron chi connectivity index (χ3n) is 3.40. The summed E-state index contributed by atoms with van der Waals surface area (Å²) in [6.45, 7) is 2.79. The average Bonchev–Trinajstić information content (AvgIpc) is 2.40. The lowest BCUT2D eigenvalue weighted by molar-refractivity contribution is -0.175. The summed E-state index contributed by atoms with van der Waals surface area (Å²) < 4.78 is 45.6. The van der Waals surface area contributed by atoms with Gasteiger partial charge in [-0.1, -0.05) is 6.42 Å². The van der Waals surface area contributed by atoms with E-state index in [-0.39, 0.29) is 6.61 Å². The summed E-state index contributed by atoms with van der Waals surface area (Å²) in [5, 5.41) is 3.31. The van der Waals surface area contributed by atoms with Crippen molar-refractivity contribution in [2.45, 2.75) is 31.5 Å². The maximum Gasteiger partial charge on any atom is 0.411 e. The second kappa shape index (κ2) is 9.55. The first kappa shape index (κ1) is 17.7. The Kier molecular flexibility index (Phi) is 8.44. The molecule has 0 aliphatic carbocycles. The van der Waals surface area contributed by atoms with Crippen LogP contribution in [-0.2, 0) is 9.47 Å². The molecule has 1 unspecified atom stereocenters. The summed E-state index contributed by atoms with van der Waals surface area (Å²) in [6.07, 6.45) is -0.868. The molecule has 1 aliphatic heterocycles. The van der Waals surface area contributed by atoms with Gasteiger partial charge >= 0.3 is 6.18 Å². The summed E-state index contributed by atoms with van der Waals surface area (Å²) in [6, 6.07) is 0.384. The standard InChI is InChI=1S/C13H25F3N2O2/c1-19-8-5-17-10-12-4-2-3-6-18(12)7-9-20-11-13(14,15)16/h12,17H,2-11H2,1H3. The molecule has 1 N–H and O–H groups in total. The fraction of sp³-hybridized carbons (Fsp3) is 1.00. The first-order chi connectivity index (χ1) is 9.53. The van der Waals surface area contributed by atoms with Crippen molar-refractivity contribution >= 4 is 0 Å². The van der Waals surface area contributed by atoms with E-state index < -0.39 is 12.8 Å². The number of hydrogen-bond donors (Lipinski definition) is 1. The van der Waals surface area contributed by atoms with E-state index in [1.54, 1.807) is 7.11 Å². The van der Waals surface area contributed by atoms with E-state index in [0.29, 0.717) is 19.2 Å². The van der Waals surface area contributed by atoms with Crippen LogP contribution in [0.5, 0.6) is 0 Å². The Balaban J connectivity index is 2.18. The van der Waals surface area contributed by atoms with E-state index in [2.05, 4.69) is 15.0 Å². The molecule has 0 radical (unpaired) electrons. The first-order valence-electron chi connectivity index (χ1n) is 7.11. The molecule has 0 bridgehead atoms. The number of halogens is 3. The number of alkyl halides is 3. The first-order valence-corrected chi connectivity index (χ1v) is 7.11.